The van der Waals surface area contributed by atoms with E-state index in [-0.39, 0.29) is 28.6 Å². The number of carbonyl (C=O) groups is 1. The minimum absolute atomic E-state index is 0.104. The van der Waals surface area contributed by atoms with Crippen LogP contribution in [0.2, 0.25) is 5.02 Å². The first-order chi connectivity index (χ1) is 12.2. The molecule has 0 aliphatic carbocycles. The van der Waals surface area contributed by atoms with Gasteiger partial charge in [0.1, 0.15) is 18.2 Å². The molecule has 2 aromatic carbocycles. The lowest BCUT2D eigenvalue weighted by atomic mass is 10.2. The van der Waals surface area contributed by atoms with Gasteiger partial charge in [0.15, 0.2) is 0 Å². The largest absolute Gasteiger partial charge is 0.492 e. The number of hydrogen-bond donors (Lipinski definition) is 1. The fourth-order valence-corrected chi connectivity index (χ4v) is 3.08. The van der Waals surface area contributed by atoms with Crippen molar-refractivity contribution in [1.29, 1.82) is 0 Å². The van der Waals surface area contributed by atoms with Crippen molar-refractivity contribution in [1.82, 2.24) is 9.62 Å². The van der Waals surface area contributed by atoms with Crippen LogP contribution in [0.1, 0.15) is 10.4 Å². The van der Waals surface area contributed by atoms with E-state index in [4.69, 9.17) is 16.3 Å². The van der Waals surface area contributed by atoms with Gasteiger partial charge in [0.05, 0.1) is 17.0 Å². The average molecular weight is 401 g/mol. The third-order valence-corrected chi connectivity index (χ3v) is 5.50. The Morgan fingerprint density at radius 3 is 2.42 bits per heavy atom. The summed E-state index contributed by atoms with van der Waals surface area (Å²) in [4.78, 5) is 12.0. The number of hydrogen-bond acceptors (Lipinski definition) is 4. The molecule has 1 N–H and O–H groups in total. The fraction of sp³-hybridized carbons (Fsp3) is 0.235. The molecule has 0 aliphatic heterocycles. The van der Waals surface area contributed by atoms with Crippen molar-refractivity contribution in [3.63, 3.8) is 0 Å². The molecule has 0 bridgehead atoms. The SMILES string of the molecule is CN(C)S(=O)(=O)c1ccc(OCCNC(=O)c2ccc(Cl)cc2F)cc1. The number of ether oxygens (including phenoxy) is 1. The van der Waals surface area contributed by atoms with E-state index in [0.29, 0.717) is 5.75 Å². The van der Waals surface area contributed by atoms with Gasteiger partial charge in [-0.3, -0.25) is 4.79 Å². The molecule has 6 nitrogen and oxygen atoms in total. The van der Waals surface area contributed by atoms with Crippen molar-refractivity contribution in [2.45, 2.75) is 4.90 Å². The highest BCUT2D eigenvalue weighted by Crippen LogP contribution is 2.18. The smallest absolute Gasteiger partial charge is 0.254 e. The van der Waals surface area contributed by atoms with Gasteiger partial charge in [-0.05, 0) is 42.5 Å². The summed E-state index contributed by atoms with van der Waals surface area (Å²) >= 11 is 5.64. The van der Waals surface area contributed by atoms with E-state index in [1.807, 2.05) is 0 Å². The van der Waals surface area contributed by atoms with E-state index in [2.05, 4.69) is 5.32 Å². The number of rotatable bonds is 7. The summed E-state index contributed by atoms with van der Waals surface area (Å²) in [6, 6.07) is 9.72. The predicted molar refractivity (Wildman–Crippen MR) is 96.6 cm³/mol. The molecule has 0 heterocycles. The molecule has 9 heteroatoms. The molecule has 0 unspecified atom stereocenters. The normalized spacial score (nSPS) is 11.4. The number of amides is 1. The molecular formula is C17H18ClFN2O4S. The highest BCUT2D eigenvalue weighted by atomic mass is 35.5. The van der Waals surface area contributed by atoms with E-state index in [0.717, 1.165) is 10.4 Å². The highest BCUT2D eigenvalue weighted by molar-refractivity contribution is 7.89. The second kappa shape index (κ2) is 8.48. The summed E-state index contributed by atoms with van der Waals surface area (Å²) in [6.45, 7) is 0.291. The van der Waals surface area contributed by atoms with Crippen LogP contribution in [0, 0.1) is 5.82 Å². The summed E-state index contributed by atoms with van der Waals surface area (Å²) in [7, 11) is -0.591. The molecule has 2 rings (SSSR count). The van der Waals surface area contributed by atoms with E-state index in [1.54, 1.807) is 0 Å². The molecule has 0 aliphatic rings. The number of sulfonamides is 1. The fourth-order valence-electron chi connectivity index (χ4n) is 2.02. The first kappa shape index (κ1) is 20.2. The van der Waals surface area contributed by atoms with Gasteiger partial charge in [-0.15, -0.1) is 0 Å². The van der Waals surface area contributed by atoms with Crippen LogP contribution in [0.4, 0.5) is 4.39 Å². The number of nitrogens with one attached hydrogen (secondary N) is 1. The summed E-state index contributed by atoms with van der Waals surface area (Å²) in [5.74, 6) is -0.821. The summed E-state index contributed by atoms with van der Waals surface area (Å²) in [5, 5.41) is 2.74. The predicted octanol–water partition coefficient (Wildman–Crippen LogP) is 2.54. The van der Waals surface area contributed by atoms with Gasteiger partial charge in [-0.1, -0.05) is 11.6 Å². The second-order valence-electron chi connectivity index (χ2n) is 5.49. The lowest BCUT2D eigenvalue weighted by Gasteiger charge is -2.12. The summed E-state index contributed by atoms with van der Waals surface area (Å²) < 4.78 is 44.1. The lowest BCUT2D eigenvalue weighted by molar-refractivity contribution is 0.0943. The second-order valence-corrected chi connectivity index (χ2v) is 8.08. The maximum absolute atomic E-state index is 13.6. The van der Waals surface area contributed by atoms with Gasteiger partial charge >= 0.3 is 0 Å². The van der Waals surface area contributed by atoms with Gasteiger partial charge in [-0.25, -0.2) is 17.1 Å². The van der Waals surface area contributed by atoms with Crippen molar-refractivity contribution >= 4 is 27.5 Å². The Labute approximate surface area is 156 Å². The standard InChI is InChI=1S/C17H18ClFN2O4S/c1-21(2)26(23,24)14-6-4-13(5-7-14)25-10-9-20-17(22)15-8-3-12(18)11-16(15)19/h3-8,11H,9-10H2,1-2H3,(H,20,22). The van der Waals surface area contributed by atoms with E-state index in [9.17, 15) is 17.6 Å². The van der Waals surface area contributed by atoms with Gasteiger partial charge in [0, 0.05) is 19.1 Å². The Balaban J connectivity index is 1.85. The van der Waals surface area contributed by atoms with Crippen LogP contribution in [0.15, 0.2) is 47.4 Å². The zero-order valence-corrected chi connectivity index (χ0v) is 15.8. The molecule has 2 aromatic rings. The van der Waals surface area contributed by atoms with Crippen molar-refractivity contribution < 1.29 is 22.3 Å². The molecule has 26 heavy (non-hydrogen) atoms. The first-order valence-electron chi connectivity index (χ1n) is 7.60. The molecule has 0 radical (unpaired) electrons. The molecule has 0 fully saturated rings. The highest BCUT2D eigenvalue weighted by Gasteiger charge is 2.16. The Morgan fingerprint density at radius 1 is 1.19 bits per heavy atom. The summed E-state index contributed by atoms with van der Waals surface area (Å²) in [5.41, 5.74) is -0.104. The van der Waals surface area contributed by atoms with Gasteiger partial charge in [0.2, 0.25) is 10.0 Å². The molecule has 0 spiro atoms. The molecule has 140 valence electrons. The van der Waals surface area contributed by atoms with Crippen molar-refractivity contribution in [2.75, 3.05) is 27.2 Å². The molecule has 0 atom stereocenters. The third kappa shape index (κ3) is 4.94. The Morgan fingerprint density at radius 2 is 1.85 bits per heavy atom. The maximum atomic E-state index is 13.6. The van der Waals surface area contributed by atoms with Crippen molar-refractivity contribution in [3.05, 3.63) is 58.9 Å². The zero-order chi connectivity index (χ0) is 19.3. The van der Waals surface area contributed by atoms with Crippen LogP contribution < -0.4 is 10.1 Å². The summed E-state index contributed by atoms with van der Waals surface area (Å²) in [6.07, 6.45) is 0. The van der Waals surface area contributed by atoms with Crippen LogP contribution in [0.25, 0.3) is 0 Å². The van der Waals surface area contributed by atoms with Crippen LogP contribution in [0.3, 0.4) is 0 Å². The van der Waals surface area contributed by atoms with E-state index < -0.39 is 21.7 Å². The van der Waals surface area contributed by atoms with Crippen molar-refractivity contribution in [3.8, 4) is 5.75 Å². The number of halogens is 2. The zero-order valence-electron chi connectivity index (χ0n) is 14.2. The van der Waals surface area contributed by atoms with E-state index in [1.165, 1.54) is 50.5 Å². The van der Waals surface area contributed by atoms with Gasteiger partial charge in [0.25, 0.3) is 5.91 Å². The van der Waals surface area contributed by atoms with Crippen LogP contribution in [-0.4, -0.2) is 45.9 Å². The van der Waals surface area contributed by atoms with Crippen molar-refractivity contribution in [2.24, 2.45) is 0 Å². The maximum Gasteiger partial charge on any atom is 0.254 e. The molecule has 0 aromatic heterocycles. The van der Waals surface area contributed by atoms with E-state index >= 15 is 0 Å². The van der Waals surface area contributed by atoms with Gasteiger partial charge < -0.3 is 10.1 Å². The number of nitrogens with zero attached hydrogens (tertiary/aromatic N) is 1. The lowest BCUT2D eigenvalue weighted by Crippen LogP contribution is -2.28. The molecule has 1 amide bonds. The quantitative estimate of drug-likeness (QED) is 0.725. The van der Waals surface area contributed by atoms with Crippen LogP contribution in [-0.2, 0) is 10.0 Å². The number of carbonyl (C=O) groups excluding carboxylic acids is 1. The average Bonchev–Trinajstić information content (AvgIpc) is 2.58. The Kier molecular flexibility index (Phi) is 6.57. The van der Waals surface area contributed by atoms with Crippen LogP contribution >= 0.6 is 11.6 Å². The first-order valence-corrected chi connectivity index (χ1v) is 9.42. The monoisotopic (exact) mass is 400 g/mol. The molecule has 0 saturated carbocycles. The third-order valence-electron chi connectivity index (χ3n) is 3.43. The van der Waals surface area contributed by atoms with Gasteiger partial charge in [-0.2, -0.15) is 0 Å². The number of benzene rings is 2. The topological polar surface area (TPSA) is 75.7 Å². The minimum Gasteiger partial charge on any atom is -0.492 e. The Bertz CT molecular complexity index is 886. The molecule has 0 saturated heterocycles. The Hall–Kier alpha value is -2.16. The van der Waals surface area contributed by atoms with Crippen LogP contribution in [0.5, 0.6) is 5.75 Å². The molecular weight excluding hydrogens is 383 g/mol. The minimum atomic E-state index is -3.49.